The summed E-state index contributed by atoms with van der Waals surface area (Å²) in [7, 11) is 1.30. The number of esters is 1. The van der Waals surface area contributed by atoms with Gasteiger partial charge in [-0.15, -0.1) is 0 Å². The molecule has 0 fully saturated rings. The average molecular weight is 305 g/mol. The van der Waals surface area contributed by atoms with E-state index in [1.54, 1.807) is 18.2 Å². The topological polar surface area (TPSA) is 44.8 Å². The van der Waals surface area contributed by atoms with Crippen LogP contribution in [0.2, 0.25) is 5.02 Å². The van der Waals surface area contributed by atoms with Gasteiger partial charge >= 0.3 is 5.97 Å². The summed E-state index contributed by atoms with van der Waals surface area (Å²) in [6.45, 7) is 0. The molecule has 4 nitrogen and oxygen atoms in total. The smallest absolute Gasteiger partial charge is 0.376 e. The lowest BCUT2D eigenvalue weighted by Crippen LogP contribution is -2.36. The van der Waals surface area contributed by atoms with Gasteiger partial charge in [0.1, 0.15) is 11.9 Å². The first-order chi connectivity index (χ1) is 10.2. The van der Waals surface area contributed by atoms with E-state index >= 15 is 0 Å². The van der Waals surface area contributed by atoms with Crippen LogP contribution in [0.1, 0.15) is 17.2 Å². The van der Waals surface area contributed by atoms with E-state index < -0.39 is 18.4 Å². The van der Waals surface area contributed by atoms with E-state index in [0.29, 0.717) is 10.8 Å². The second-order valence-electron chi connectivity index (χ2n) is 4.58. The summed E-state index contributed by atoms with van der Waals surface area (Å²) < 4.78 is 16.0. The second-order valence-corrected chi connectivity index (χ2v) is 5.02. The number of methoxy groups -OCH3 is 1. The van der Waals surface area contributed by atoms with Crippen molar-refractivity contribution in [2.24, 2.45) is 0 Å². The minimum atomic E-state index is -1.09. The number of ether oxygens (including phenoxy) is 3. The van der Waals surface area contributed by atoms with Crippen LogP contribution in [0.5, 0.6) is 5.75 Å². The van der Waals surface area contributed by atoms with E-state index in [1.165, 1.54) is 7.11 Å². The molecule has 0 amide bonds. The molecule has 2 aromatic carbocycles. The van der Waals surface area contributed by atoms with Crippen molar-refractivity contribution in [3.63, 3.8) is 0 Å². The van der Waals surface area contributed by atoms with Crippen molar-refractivity contribution in [2.45, 2.75) is 12.4 Å². The first-order valence-electron chi connectivity index (χ1n) is 6.43. The number of hydrogen-bond donors (Lipinski definition) is 0. The molecular formula is C16H13ClO4. The molecule has 0 saturated carbocycles. The van der Waals surface area contributed by atoms with E-state index in [2.05, 4.69) is 0 Å². The van der Waals surface area contributed by atoms with Gasteiger partial charge in [-0.25, -0.2) is 4.79 Å². The van der Waals surface area contributed by atoms with Crippen LogP contribution < -0.4 is 4.74 Å². The maximum Gasteiger partial charge on any atom is 0.376 e. The Morgan fingerprint density at radius 3 is 2.67 bits per heavy atom. The Labute approximate surface area is 127 Å². The summed E-state index contributed by atoms with van der Waals surface area (Å²) in [4.78, 5) is 11.7. The molecule has 1 heterocycles. The Hall–Kier alpha value is -2.04. The standard InChI is InChI=1S/C16H13ClO4/c1-19-15(18)16-20-13-8-7-11(17)9-12(13)14(21-16)10-5-3-2-4-6-10/h2-9,14,16H,1H3/t14-,16-/m0/s1. The van der Waals surface area contributed by atoms with Crippen molar-refractivity contribution in [3.05, 3.63) is 64.7 Å². The summed E-state index contributed by atoms with van der Waals surface area (Å²) >= 11 is 6.05. The third-order valence-corrected chi connectivity index (χ3v) is 3.48. The fourth-order valence-corrected chi connectivity index (χ4v) is 2.44. The Kier molecular flexibility index (Phi) is 3.82. The van der Waals surface area contributed by atoms with Crippen molar-refractivity contribution in [1.82, 2.24) is 0 Å². The molecule has 1 aliphatic rings. The van der Waals surface area contributed by atoms with E-state index in [-0.39, 0.29) is 0 Å². The number of carbonyl (C=O) groups excluding carboxylic acids is 1. The minimum Gasteiger partial charge on any atom is -0.464 e. The van der Waals surface area contributed by atoms with Gasteiger partial charge in [-0.1, -0.05) is 41.9 Å². The maximum atomic E-state index is 11.7. The summed E-state index contributed by atoms with van der Waals surface area (Å²) in [5, 5.41) is 0.582. The van der Waals surface area contributed by atoms with Crippen molar-refractivity contribution in [3.8, 4) is 5.75 Å². The van der Waals surface area contributed by atoms with E-state index in [0.717, 1.165) is 11.1 Å². The molecule has 21 heavy (non-hydrogen) atoms. The van der Waals surface area contributed by atoms with Gasteiger partial charge in [0.15, 0.2) is 0 Å². The largest absolute Gasteiger partial charge is 0.464 e. The number of halogens is 1. The van der Waals surface area contributed by atoms with E-state index in [1.807, 2.05) is 30.3 Å². The van der Waals surface area contributed by atoms with Crippen LogP contribution in [-0.2, 0) is 14.3 Å². The van der Waals surface area contributed by atoms with Crippen molar-refractivity contribution < 1.29 is 19.0 Å². The monoisotopic (exact) mass is 304 g/mol. The zero-order valence-electron chi connectivity index (χ0n) is 11.3. The van der Waals surface area contributed by atoms with Crippen molar-refractivity contribution in [2.75, 3.05) is 7.11 Å². The molecular weight excluding hydrogens is 292 g/mol. The molecule has 0 N–H and O–H groups in total. The fraction of sp³-hybridized carbons (Fsp3) is 0.188. The van der Waals surface area contributed by atoms with Gasteiger partial charge in [0, 0.05) is 10.6 Å². The summed E-state index contributed by atoms with van der Waals surface area (Å²) in [6.07, 6.45) is -1.52. The predicted molar refractivity (Wildman–Crippen MR) is 77.3 cm³/mol. The van der Waals surface area contributed by atoms with Crippen LogP contribution in [0.4, 0.5) is 0 Å². The van der Waals surface area contributed by atoms with Crippen LogP contribution in [0.15, 0.2) is 48.5 Å². The van der Waals surface area contributed by atoms with Crippen LogP contribution in [0.25, 0.3) is 0 Å². The Morgan fingerprint density at radius 2 is 1.95 bits per heavy atom. The number of rotatable bonds is 2. The number of carbonyl (C=O) groups is 1. The lowest BCUT2D eigenvalue weighted by atomic mass is 9.99. The molecule has 0 saturated heterocycles. The highest BCUT2D eigenvalue weighted by molar-refractivity contribution is 6.30. The zero-order valence-corrected chi connectivity index (χ0v) is 12.0. The first kappa shape index (κ1) is 13.9. The molecule has 0 bridgehead atoms. The molecule has 0 unspecified atom stereocenters. The SMILES string of the molecule is COC(=O)[C@H]1Oc2ccc(Cl)cc2[C@H](c2ccccc2)O1. The highest BCUT2D eigenvalue weighted by Crippen LogP contribution is 2.39. The Morgan fingerprint density at radius 1 is 1.19 bits per heavy atom. The Bertz CT molecular complexity index is 657. The van der Waals surface area contributed by atoms with Crippen molar-refractivity contribution in [1.29, 1.82) is 0 Å². The van der Waals surface area contributed by atoms with Gasteiger partial charge in [-0.2, -0.15) is 0 Å². The summed E-state index contributed by atoms with van der Waals surface area (Å²) in [6, 6.07) is 14.8. The zero-order chi connectivity index (χ0) is 14.8. The molecule has 2 atom stereocenters. The fourth-order valence-electron chi connectivity index (χ4n) is 2.26. The third-order valence-electron chi connectivity index (χ3n) is 3.24. The van der Waals surface area contributed by atoms with Crippen LogP contribution in [0.3, 0.4) is 0 Å². The molecule has 2 aromatic rings. The van der Waals surface area contributed by atoms with E-state index in [9.17, 15) is 4.79 Å². The highest BCUT2D eigenvalue weighted by atomic mass is 35.5. The van der Waals surface area contributed by atoms with Gasteiger partial charge in [0.05, 0.1) is 7.11 Å². The number of fused-ring (bicyclic) bond motifs is 1. The lowest BCUT2D eigenvalue weighted by molar-refractivity contribution is -0.186. The molecule has 5 heteroatoms. The molecule has 1 aliphatic heterocycles. The van der Waals surface area contributed by atoms with Gasteiger partial charge < -0.3 is 14.2 Å². The second kappa shape index (κ2) is 5.76. The van der Waals surface area contributed by atoms with Gasteiger partial charge in [0.25, 0.3) is 6.29 Å². The number of hydrogen-bond acceptors (Lipinski definition) is 4. The average Bonchev–Trinajstić information content (AvgIpc) is 2.54. The van der Waals surface area contributed by atoms with Gasteiger partial charge in [0.2, 0.25) is 0 Å². The van der Waals surface area contributed by atoms with Crippen LogP contribution >= 0.6 is 11.6 Å². The normalized spacial score (nSPS) is 20.3. The van der Waals surface area contributed by atoms with Crippen molar-refractivity contribution >= 4 is 17.6 Å². The first-order valence-corrected chi connectivity index (χ1v) is 6.81. The summed E-state index contributed by atoms with van der Waals surface area (Å²) in [5.74, 6) is -0.00793. The third kappa shape index (κ3) is 2.73. The van der Waals surface area contributed by atoms with Gasteiger partial charge in [-0.3, -0.25) is 0 Å². The van der Waals surface area contributed by atoms with Crippen LogP contribution in [0, 0.1) is 0 Å². The molecule has 0 aromatic heterocycles. The van der Waals surface area contributed by atoms with Crippen LogP contribution in [-0.4, -0.2) is 19.4 Å². The Balaban J connectivity index is 2.05. The molecule has 0 spiro atoms. The van der Waals surface area contributed by atoms with E-state index in [4.69, 9.17) is 25.8 Å². The molecule has 0 radical (unpaired) electrons. The minimum absolute atomic E-state index is 0.433. The molecule has 0 aliphatic carbocycles. The van der Waals surface area contributed by atoms with Gasteiger partial charge in [-0.05, 0) is 23.8 Å². The quantitative estimate of drug-likeness (QED) is 0.798. The predicted octanol–water partition coefficient (Wildman–Crippen LogP) is 3.34. The molecule has 108 valence electrons. The lowest BCUT2D eigenvalue weighted by Gasteiger charge is -2.31. The highest BCUT2D eigenvalue weighted by Gasteiger charge is 2.35. The maximum absolute atomic E-state index is 11.7. The molecule has 3 rings (SSSR count). The number of benzene rings is 2. The summed E-state index contributed by atoms with van der Waals surface area (Å²) in [5.41, 5.74) is 1.70.